The third kappa shape index (κ3) is 1.53. The molecule has 0 unspecified atom stereocenters. The maximum absolute atomic E-state index is 11.4. The summed E-state index contributed by atoms with van der Waals surface area (Å²) in [6, 6.07) is 5.79. The van der Waals surface area contributed by atoms with E-state index in [0.29, 0.717) is 0 Å². The Morgan fingerprint density at radius 2 is 1.65 bits per heavy atom. The highest BCUT2D eigenvalue weighted by atomic mass is 16.5. The Bertz CT molecular complexity index is 489. The van der Waals surface area contributed by atoms with Crippen molar-refractivity contribution in [2.45, 2.75) is 45.7 Å². The number of hydrogen-bond donors (Lipinski definition) is 0. The van der Waals surface area contributed by atoms with E-state index < -0.39 is 0 Å². The Morgan fingerprint density at radius 3 is 2.18 bits per heavy atom. The van der Waals surface area contributed by atoms with Crippen molar-refractivity contribution in [2.24, 2.45) is 0 Å². The molecule has 17 heavy (non-hydrogen) atoms. The van der Waals surface area contributed by atoms with Crippen molar-refractivity contribution in [1.29, 1.82) is 0 Å². The van der Waals surface area contributed by atoms with Crippen molar-refractivity contribution in [3.05, 3.63) is 34.9 Å². The SMILES string of the molecule is CC(=O)c1ccc2c(c1)C(C)(C)N([OH2+])C2(C)C. The van der Waals surface area contributed by atoms with E-state index >= 15 is 0 Å². The summed E-state index contributed by atoms with van der Waals surface area (Å²) in [4.78, 5) is 11.4. The molecule has 3 nitrogen and oxygen atoms in total. The van der Waals surface area contributed by atoms with E-state index in [-0.39, 0.29) is 16.9 Å². The zero-order valence-electron chi connectivity index (χ0n) is 11.1. The lowest BCUT2D eigenvalue weighted by molar-refractivity contribution is -0.216. The molecule has 1 aromatic rings. The number of benzene rings is 1. The molecule has 1 aliphatic heterocycles. The molecule has 0 bridgehead atoms. The summed E-state index contributed by atoms with van der Waals surface area (Å²) in [6.45, 7) is 9.71. The van der Waals surface area contributed by atoms with Gasteiger partial charge in [-0.25, -0.2) is 0 Å². The summed E-state index contributed by atoms with van der Waals surface area (Å²) >= 11 is 0. The average molecular weight is 234 g/mol. The van der Waals surface area contributed by atoms with Gasteiger partial charge in [0, 0.05) is 5.56 Å². The number of carbonyl (C=O) groups is 1. The van der Waals surface area contributed by atoms with Crippen LogP contribution < -0.4 is 0 Å². The molecule has 3 heteroatoms. The zero-order chi connectivity index (χ0) is 13.0. The summed E-state index contributed by atoms with van der Waals surface area (Å²) in [5, 5.41) is 9.87. The van der Waals surface area contributed by atoms with Gasteiger partial charge < -0.3 is 5.21 Å². The van der Waals surface area contributed by atoms with Gasteiger partial charge in [0.15, 0.2) is 5.78 Å². The number of rotatable bonds is 1. The van der Waals surface area contributed by atoms with Gasteiger partial charge in [0.05, 0.1) is 0 Å². The maximum atomic E-state index is 11.4. The van der Waals surface area contributed by atoms with Crippen molar-refractivity contribution < 1.29 is 10.0 Å². The molecule has 1 aromatic carbocycles. The third-order valence-corrected chi connectivity index (χ3v) is 3.86. The average Bonchev–Trinajstić information content (AvgIpc) is 2.38. The van der Waals surface area contributed by atoms with Crippen LogP contribution >= 0.6 is 0 Å². The highest BCUT2D eigenvalue weighted by Gasteiger charge is 2.52. The lowest BCUT2D eigenvalue weighted by Crippen LogP contribution is -2.42. The molecular weight excluding hydrogens is 214 g/mol. The Kier molecular flexibility index (Phi) is 2.46. The molecule has 0 aromatic heterocycles. The number of hydrogen-bond acceptors (Lipinski definition) is 2. The van der Waals surface area contributed by atoms with Crippen LogP contribution in [0.3, 0.4) is 0 Å². The van der Waals surface area contributed by atoms with Gasteiger partial charge in [-0.2, -0.15) is 0 Å². The highest BCUT2D eigenvalue weighted by Crippen LogP contribution is 2.48. The van der Waals surface area contributed by atoms with Gasteiger partial charge in [-0.15, -0.1) is 0 Å². The van der Waals surface area contributed by atoms with Crippen molar-refractivity contribution >= 4 is 5.78 Å². The lowest BCUT2D eigenvalue weighted by atomic mass is 9.89. The molecule has 0 saturated heterocycles. The minimum Gasteiger partial charge on any atom is -0.337 e. The van der Waals surface area contributed by atoms with Crippen LogP contribution in [0.1, 0.15) is 56.1 Å². The molecule has 0 saturated carbocycles. The van der Waals surface area contributed by atoms with Crippen LogP contribution in [-0.4, -0.2) is 16.1 Å². The van der Waals surface area contributed by atoms with Crippen LogP contribution in [0.15, 0.2) is 18.2 Å². The first-order valence-corrected chi connectivity index (χ1v) is 5.86. The minimum absolute atomic E-state index is 0.0739. The molecule has 92 valence electrons. The number of ketones is 1. The quantitative estimate of drug-likeness (QED) is 0.553. The molecule has 0 fully saturated rings. The molecule has 0 aliphatic carbocycles. The largest absolute Gasteiger partial charge is 0.337 e. The summed E-state index contributed by atoms with van der Waals surface area (Å²) in [5.41, 5.74) is 2.29. The monoisotopic (exact) mass is 234 g/mol. The van der Waals surface area contributed by atoms with Crippen LogP contribution in [0.5, 0.6) is 0 Å². The summed E-state index contributed by atoms with van der Waals surface area (Å²) in [5.74, 6) is 0.0739. The second-order valence-electron chi connectivity index (χ2n) is 5.77. The fourth-order valence-corrected chi connectivity index (χ4v) is 2.74. The molecule has 0 atom stereocenters. The van der Waals surface area contributed by atoms with E-state index in [1.165, 1.54) is 0 Å². The molecule has 0 radical (unpaired) electrons. The van der Waals surface area contributed by atoms with Gasteiger partial charge >= 0.3 is 0 Å². The Balaban J connectivity index is 2.68. The minimum atomic E-state index is -0.357. The Hall–Kier alpha value is -1.19. The van der Waals surface area contributed by atoms with E-state index in [2.05, 4.69) is 0 Å². The Morgan fingerprint density at radius 1 is 1.12 bits per heavy atom. The van der Waals surface area contributed by atoms with Crippen LogP contribution in [0.25, 0.3) is 0 Å². The highest BCUT2D eigenvalue weighted by molar-refractivity contribution is 5.94. The van der Waals surface area contributed by atoms with Gasteiger partial charge in [0.1, 0.15) is 11.1 Å². The normalized spacial score (nSPS) is 21.3. The second-order valence-corrected chi connectivity index (χ2v) is 5.77. The number of hydroxylamine groups is 2. The molecule has 1 aliphatic rings. The summed E-state index contributed by atoms with van der Waals surface area (Å²) in [7, 11) is 0. The number of nitrogens with zero attached hydrogens (tertiary/aromatic N) is 1. The van der Waals surface area contributed by atoms with Gasteiger partial charge in [0.2, 0.25) is 0 Å². The van der Waals surface area contributed by atoms with E-state index in [1.54, 1.807) is 12.0 Å². The van der Waals surface area contributed by atoms with Gasteiger partial charge in [-0.1, -0.05) is 17.2 Å². The van der Waals surface area contributed by atoms with Crippen LogP contribution in [0.4, 0.5) is 0 Å². The predicted octanol–water partition coefficient (Wildman–Crippen LogP) is 2.31. The van der Waals surface area contributed by atoms with Crippen LogP contribution in [0, 0.1) is 0 Å². The van der Waals surface area contributed by atoms with Crippen molar-refractivity contribution in [2.75, 3.05) is 0 Å². The molecule has 0 amide bonds. The smallest absolute Gasteiger partial charge is 0.159 e. The summed E-state index contributed by atoms with van der Waals surface area (Å²) in [6.07, 6.45) is 0. The third-order valence-electron chi connectivity index (χ3n) is 3.86. The molecule has 2 N–H and O–H groups in total. The van der Waals surface area contributed by atoms with Crippen molar-refractivity contribution in [1.82, 2.24) is 5.06 Å². The van der Waals surface area contributed by atoms with E-state index in [1.807, 2.05) is 45.9 Å². The van der Waals surface area contributed by atoms with Crippen molar-refractivity contribution in [3.8, 4) is 0 Å². The standard InChI is InChI=1S/C14H19NO2/c1-9(16)10-6-7-11-12(8-10)14(4,5)15(17)13(11,2)3/h6-8,17H,1-5H3/p+1. The van der Waals surface area contributed by atoms with Crippen LogP contribution in [-0.2, 0) is 11.1 Å². The molecule has 2 rings (SSSR count). The van der Waals surface area contributed by atoms with Crippen LogP contribution in [0.2, 0.25) is 0 Å². The van der Waals surface area contributed by atoms with E-state index in [0.717, 1.165) is 16.7 Å². The van der Waals surface area contributed by atoms with Crippen molar-refractivity contribution in [3.63, 3.8) is 0 Å². The van der Waals surface area contributed by atoms with Gasteiger partial charge in [-0.3, -0.25) is 4.79 Å². The molecule has 1 heterocycles. The molecular formula is C14H20NO2+. The maximum Gasteiger partial charge on any atom is 0.159 e. The first-order valence-electron chi connectivity index (χ1n) is 5.86. The second kappa shape index (κ2) is 3.40. The lowest BCUT2D eigenvalue weighted by Gasteiger charge is -2.29. The first-order chi connectivity index (χ1) is 7.69. The zero-order valence-corrected chi connectivity index (χ0v) is 11.1. The topological polar surface area (TPSA) is 43.2 Å². The first kappa shape index (κ1) is 12.3. The predicted molar refractivity (Wildman–Crippen MR) is 68.0 cm³/mol. The van der Waals surface area contributed by atoms with E-state index in [9.17, 15) is 4.79 Å². The number of Topliss-reactive ketones (excluding diaryl/α,β-unsaturated/α-hetero) is 1. The van der Waals surface area contributed by atoms with Gasteiger partial charge in [-0.05, 0) is 51.8 Å². The Labute approximate surface area is 102 Å². The summed E-state index contributed by atoms with van der Waals surface area (Å²) < 4.78 is 0. The molecule has 0 spiro atoms. The fraction of sp³-hybridized carbons (Fsp3) is 0.500. The number of fused-ring (bicyclic) bond motifs is 1. The fourth-order valence-electron chi connectivity index (χ4n) is 2.74. The number of carbonyl (C=O) groups excluding carboxylic acids is 1. The van der Waals surface area contributed by atoms with Gasteiger partial charge in [0.25, 0.3) is 0 Å². The van der Waals surface area contributed by atoms with E-state index in [4.69, 9.17) is 5.21 Å².